The monoisotopic (exact) mass is 362 g/mol. The number of pyridine rings is 1. The summed E-state index contributed by atoms with van der Waals surface area (Å²) in [5.41, 5.74) is 3.19. The van der Waals surface area contributed by atoms with E-state index >= 15 is 0 Å². The van der Waals surface area contributed by atoms with Gasteiger partial charge in [0.25, 0.3) is 0 Å². The van der Waals surface area contributed by atoms with Crippen LogP contribution in [0.4, 0.5) is 0 Å². The predicted molar refractivity (Wildman–Crippen MR) is 103 cm³/mol. The number of ether oxygens (including phenoxy) is 1. The van der Waals surface area contributed by atoms with Crippen LogP contribution in [0.25, 0.3) is 12.2 Å². The first-order valence-corrected chi connectivity index (χ1v) is 8.42. The van der Waals surface area contributed by atoms with Gasteiger partial charge in [0.2, 0.25) is 5.69 Å². The molecule has 0 radical (unpaired) electrons. The summed E-state index contributed by atoms with van der Waals surface area (Å²) in [7, 11) is 1.52. The minimum Gasteiger partial charge on any atom is -0.504 e. The van der Waals surface area contributed by atoms with E-state index in [4.69, 9.17) is 9.84 Å². The molecule has 0 fully saturated rings. The third-order valence-corrected chi connectivity index (χ3v) is 4.18. The van der Waals surface area contributed by atoms with Crippen molar-refractivity contribution in [1.82, 2.24) is 0 Å². The number of hydrogen-bond donors (Lipinski definition) is 2. The SMILES string of the molecule is COc1cc(/C=C/c2cccc[n+]2Cc2ccc(C(=O)O)cc2)ccc1O. The highest BCUT2D eigenvalue weighted by Crippen LogP contribution is 2.26. The second kappa shape index (κ2) is 8.19. The average molecular weight is 362 g/mol. The molecule has 1 aromatic heterocycles. The zero-order valence-corrected chi connectivity index (χ0v) is 14.9. The van der Waals surface area contributed by atoms with Crippen molar-refractivity contribution in [2.24, 2.45) is 0 Å². The first-order valence-electron chi connectivity index (χ1n) is 8.42. The summed E-state index contributed by atoms with van der Waals surface area (Å²) in [6.07, 6.45) is 5.90. The molecule has 0 saturated carbocycles. The molecule has 0 aliphatic heterocycles. The number of hydrogen-bond acceptors (Lipinski definition) is 3. The third kappa shape index (κ3) is 4.52. The molecule has 0 unspecified atom stereocenters. The molecule has 3 aromatic rings. The lowest BCUT2D eigenvalue weighted by Gasteiger charge is -2.04. The number of aromatic carboxylic acids is 1. The fraction of sp³-hybridized carbons (Fsp3) is 0.0909. The van der Waals surface area contributed by atoms with Crippen LogP contribution < -0.4 is 9.30 Å². The normalized spacial score (nSPS) is 10.9. The van der Waals surface area contributed by atoms with Gasteiger partial charge in [0, 0.05) is 23.8 Å². The maximum atomic E-state index is 11.0. The summed E-state index contributed by atoms with van der Waals surface area (Å²) < 4.78 is 7.21. The third-order valence-electron chi connectivity index (χ3n) is 4.18. The van der Waals surface area contributed by atoms with E-state index in [1.165, 1.54) is 7.11 Å². The van der Waals surface area contributed by atoms with E-state index in [9.17, 15) is 9.90 Å². The second-order valence-corrected chi connectivity index (χ2v) is 6.02. The Bertz CT molecular complexity index is 978. The molecule has 1 heterocycles. The second-order valence-electron chi connectivity index (χ2n) is 6.02. The van der Waals surface area contributed by atoms with E-state index in [1.807, 2.05) is 54.7 Å². The van der Waals surface area contributed by atoms with Gasteiger partial charge in [-0.1, -0.05) is 18.2 Å². The molecule has 0 atom stereocenters. The average Bonchev–Trinajstić information content (AvgIpc) is 2.68. The highest BCUT2D eigenvalue weighted by atomic mass is 16.5. The molecule has 0 spiro atoms. The summed E-state index contributed by atoms with van der Waals surface area (Å²) in [6.45, 7) is 0.624. The fourth-order valence-electron chi connectivity index (χ4n) is 2.71. The quantitative estimate of drug-likeness (QED) is 0.657. The van der Waals surface area contributed by atoms with E-state index in [-0.39, 0.29) is 11.3 Å². The molecule has 5 heteroatoms. The topological polar surface area (TPSA) is 70.6 Å². The number of benzene rings is 2. The summed E-state index contributed by atoms with van der Waals surface area (Å²) in [4.78, 5) is 11.0. The van der Waals surface area contributed by atoms with Crippen LogP contribution in [0.1, 0.15) is 27.2 Å². The molecule has 0 amide bonds. The van der Waals surface area contributed by atoms with Crippen LogP contribution in [0.2, 0.25) is 0 Å². The fourth-order valence-corrected chi connectivity index (χ4v) is 2.71. The van der Waals surface area contributed by atoms with Crippen LogP contribution in [0.15, 0.2) is 66.9 Å². The largest absolute Gasteiger partial charge is 0.504 e. The van der Waals surface area contributed by atoms with Crippen molar-refractivity contribution in [1.29, 1.82) is 0 Å². The van der Waals surface area contributed by atoms with Gasteiger partial charge >= 0.3 is 5.97 Å². The van der Waals surface area contributed by atoms with Gasteiger partial charge in [0.05, 0.1) is 12.7 Å². The standard InChI is InChI=1S/C22H19NO4/c1-27-21-14-16(8-12-20(21)24)7-11-19-4-2-3-13-23(19)15-17-5-9-18(10-6-17)22(25)26/h2-14H,15H2,1H3,(H,25,26)/p+1. The smallest absolute Gasteiger partial charge is 0.335 e. The minimum absolute atomic E-state index is 0.106. The molecule has 0 bridgehead atoms. The van der Waals surface area contributed by atoms with E-state index in [2.05, 4.69) is 4.57 Å². The Hall–Kier alpha value is -3.60. The minimum atomic E-state index is -0.929. The Morgan fingerprint density at radius 2 is 1.85 bits per heavy atom. The molecule has 0 aliphatic carbocycles. The van der Waals surface area contributed by atoms with Gasteiger partial charge in [0.1, 0.15) is 0 Å². The van der Waals surface area contributed by atoms with Gasteiger partial charge < -0.3 is 14.9 Å². The van der Waals surface area contributed by atoms with E-state index in [1.54, 1.807) is 24.3 Å². The zero-order chi connectivity index (χ0) is 19.2. The number of nitrogens with zero attached hydrogens (tertiary/aromatic N) is 1. The molecular weight excluding hydrogens is 342 g/mol. The van der Waals surface area contributed by atoms with Gasteiger partial charge in [-0.05, 0) is 42.0 Å². The van der Waals surface area contributed by atoms with Crippen LogP contribution in [0.3, 0.4) is 0 Å². The van der Waals surface area contributed by atoms with Crippen molar-refractivity contribution < 1.29 is 24.3 Å². The highest BCUT2D eigenvalue weighted by molar-refractivity contribution is 5.87. The molecule has 136 valence electrons. The van der Waals surface area contributed by atoms with E-state index in [0.29, 0.717) is 12.3 Å². The Balaban J connectivity index is 1.82. The van der Waals surface area contributed by atoms with Crippen molar-refractivity contribution in [3.8, 4) is 11.5 Å². The zero-order valence-electron chi connectivity index (χ0n) is 14.9. The number of aromatic nitrogens is 1. The maximum absolute atomic E-state index is 11.0. The Kier molecular flexibility index (Phi) is 5.52. The molecule has 2 aromatic carbocycles. The number of aromatic hydroxyl groups is 1. The van der Waals surface area contributed by atoms with Crippen LogP contribution >= 0.6 is 0 Å². The first kappa shape index (κ1) is 18.2. The predicted octanol–water partition coefficient (Wildman–Crippen LogP) is 3.61. The van der Waals surface area contributed by atoms with Crippen molar-refractivity contribution in [3.63, 3.8) is 0 Å². The van der Waals surface area contributed by atoms with Crippen molar-refractivity contribution >= 4 is 18.1 Å². The lowest BCUT2D eigenvalue weighted by atomic mass is 10.1. The molecule has 3 rings (SSSR count). The maximum Gasteiger partial charge on any atom is 0.335 e. The van der Waals surface area contributed by atoms with Crippen LogP contribution in [0, 0.1) is 0 Å². The van der Waals surface area contributed by atoms with Crippen molar-refractivity contribution in [2.45, 2.75) is 6.54 Å². The van der Waals surface area contributed by atoms with E-state index in [0.717, 1.165) is 16.8 Å². The summed E-state index contributed by atoms with van der Waals surface area (Å²) >= 11 is 0. The molecule has 2 N–H and O–H groups in total. The number of methoxy groups -OCH3 is 1. The van der Waals surface area contributed by atoms with Crippen LogP contribution in [-0.4, -0.2) is 23.3 Å². The molecule has 27 heavy (non-hydrogen) atoms. The van der Waals surface area contributed by atoms with Crippen molar-refractivity contribution in [2.75, 3.05) is 7.11 Å². The summed E-state index contributed by atoms with van der Waals surface area (Å²) in [6, 6.07) is 18.0. The number of carbonyl (C=O) groups is 1. The molecule has 0 saturated heterocycles. The number of carboxylic acid groups (broad SMARTS) is 1. The number of phenols is 1. The van der Waals surface area contributed by atoms with Gasteiger partial charge in [-0.25, -0.2) is 4.79 Å². The first-order chi connectivity index (χ1) is 13.1. The van der Waals surface area contributed by atoms with Crippen molar-refractivity contribution in [3.05, 3.63) is 89.2 Å². The number of phenolic OH excluding ortho intramolecular Hbond substituents is 1. The van der Waals surface area contributed by atoms with Gasteiger partial charge in [-0.3, -0.25) is 0 Å². The molecule has 5 nitrogen and oxygen atoms in total. The summed E-state index contributed by atoms with van der Waals surface area (Å²) in [5.74, 6) is -0.396. The molecule has 0 aliphatic rings. The Morgan fingerprint density at radius 1 is 1.07 bits per heavy atom. The van der Waals surface area contributed by atoms with Gasteiger partial charge in [-0.2, -0.15) is 4.57 Å². The Morgan fingerprint density at radius 3 is 2.56 bits per heavy atom. The highest BCUT2D eigenvalue weighted by Gasteiger charge is 2.09. The summed E-state index contributed by atoms with van der Waals surface area (Å²) in [5, 5.41) is 18.7. The van der Waals surface area contributed by atoms with E-state index < -0.39 is 5.97 Å². The van der Waals surface area contributed by atoms with Crippen LogP contribution in [0.5, 0.6) is 11.5 Å². The number of rotatable bonds is 6. The lowest BCUT2D eigenvalue weighted by Crippen LogP contribution is -2.36. The lowest BCUT2D eigenvalue weighted by molar-refractivity contribution is -0.690. The Labute approximate surface area is 157 Å². The van der Waals surface area contributed by atoms with Gasteiger partial charge in [-0.15, -0.1) is 0 Å². The molecular formula is C22H20NO4+. The van der Waals surface area contributed by atoms with Gasteiger partial charge in [0.15, 0.2) is 24.2 Å². The number of carboxylic acids is 1. The van der Waals surface area contributed by atoms with Crippen LogP contribution in [-0.2, 0) is 6.54 Å².